The number of aromatic nitrogens is 2. The largest absolute Gasteiger partial charge is 0.480 e. The van der Waals surface area contributed by atoms with Crippen molar-refractivity contribution in [3.8, 4) is 0 Å². The van der Waals surface area contributed by atoms with E-state index in [1.54, 1.807) is 0 Å². The van der Waals surface area contributed by atoms with Crippen LogP contribution < -0.4 is 4.90 Å². The number of anilines is 1. The molecule has 0 unspecified atom stereocenters. The summed E-state index contributed by atoms with van der Waals surface area (Å²) in [5.74, 6) is -0.845. The van der Waals surface area contributed by atoms with Crippen molar-refractivity contribution in [3.63, 3.8) is 0 Å². The quantitative estimate of drug-likeness (QED) is 0.874. The summed E-state index contributed by atoms with van der Waals surface area (Å²) in [7, 11) is 0. The van der Waals surface area contributed by atoms with E-state index < -0.39 is 23.9 Å². The van der Waals surface area contributed by atoms with E-state index in [0.29, 0.717) is 19.4 Å². The Hall–Kier alpha value is -1.86. The van der Waals surface area contributed by atoms with Gasteiger partial charge in [0.15, 0.2) is 11.5 Å². The average molecular weight is 261 g/mol. The van der Waals surface area contributed by atoms with Gasteiger partial charge in [0.2, 0.25) is 0 Å². The Kier molecular flexibility index (Phi) is 3.10. The fraction of sp³-hybridized carbons (Fsp3) is 0.500. The van der Waals surface area contributed by atoms with E-state index in [0.717, 1.165) is 12.1 Å². The third kappa shape index (κ3) is 2.36. The summed E-state index contributed by atoms with van der Waals surface area (Å²) < 4.78 is 36.9. The molecule has 2 heterocycles. The number of hydrogen-bond acceptors (Lipinski definition) is 4. The van der Waals surface area contributed by atoms with E-state index in [9.17, 15) is 18.0 Å². The topological polar surface area (TPSA) is 66.3 Å². The first-order chi connectivity index (χ1) is 8.39. The summed E-state index contributed by atoms with van der Waals surface area (Å²) in [4.78, 5) is 12.4. The van der Waals surface area contributed by atoms with Gasteiger partial charge in [0.05, 0.1) is 0 Å². The van der Waals surface area contributed by atoms with E-state index in [-0.39, 0.29) is 5.82 Å². The third-order valence-corrected chi connectivity index (χ3v) is 2.77. The van der Waals surface area contributed by atoms with Crippen LogP contribution in [0, 0.1) is 0 Å². The molecule has 0 aliphatic carbocycles. The maximum Gasteiger partial charge on any atom is 0.435 e. The average Bonchev–Trinajstić information content (AvgIpc) is 2.77. The molecule has 2 rings (SSSR count). The second-order valence-corrected chi connectivity index (χ2v) is 3.96. The highest BCUT2D eigenvalue weighted by Crippen LogP contribution is 2.29. The third-order valence-electron chi connectivity index (χ3n) is 2.77. The minimum absolute atomic E-state index is 0.160. The Labute approximate surface area is 100 Å². The van der Waals surface area contributed by atoms with E-state index in [1.165, 1.54) is 4.90 Å². The Bertz CT molecular complexity index is 447. The highest BCUT2D eigenvalue weighted by molar-refractivity contribution is 5.78. The van der Waals surface area contributed by atoms with Gasteiger partial charge in [0.1, 0.15) is 6.04 Å². The smallest absolute Gasteiger partial charge is 0.435 e. The zero-order valence-corrected chi connectivity index (χ0v) is 9.18. The van der Waals surface area contributed by atoms with Gasteiger partial charge in [-0.1, -0.05) is 0 Å². The van der Waals surface area contributed by atoms with Gasteiger partial charge in [-0.25, -0.2) is 4.79 Å². The fourth-order valence-corrected chi connectivity index (χ4v) is 1.93. The van der Waals surface area contributed by atoms with Gasteiger partial charge in [-0.2, -0.15) is 13.2 Å². The Morgan fingerprint density at radius 3 is 2.61 bits per heavy atom. The van der Waals surface area contributed by atoms with Crippen LogP contribution in [0.2, 0.25) is 0 Å². The fourth-order valence-electron chi connectivity index (χ4n) is 1.93. The van der Waals surface area contributed by atoms with E-state index in [1.807, 2.05) is 0 Å². The monoisotopic (exact) mass is 261 g/mol. The first-order valence-corrected chi connectivity index (χ1v) is 5.30. The summed E-state index contributed by atoms with van der Waals surface area (Å²) in [6.45, 7) is 0.455. The number of carbonyl (C=O) groups is 1. The standard InChI is InChI=1S/C10H10F3N3O2/c11-10(12,13)7-3-4-8(15-14-7)16-5-1-2-6(16)9(17)18/h3-4,6H,1-2,5H2,(H,17,18)/t6-/m0/s1. The van der Waals surface area contributed by atoms with Crippen LogP contribution in [0.15, 0.2) is 12.1 Å². The van der Waals surface area contributed by atoms with Crippen LogP contribution in [0.5, 0.6) is 0 Å². The van der Waals surface area contributed by atoms with Gasteiger partial charge in [-0.05, 0) is 25.0 Å². The zero-order chi connectivity index (χ0) is 13.3. The SMILES string of the molecule is O=C(O)[C@@H]1CCCN1c1ccc(C(F)(F)F)nn1. The zero-order valence-electron chi connectivity index (χ0n) is 9.18. The lowest BCUT2D eigenvalue weighted by Crippen LogP contribution is -2.36. The minimum Gasteiger partial charge on any atom is -0.480 e. The van der Waals surface area contributed by atoms with Crippen molar-refractivity contribution in [1.29, 1.82) is 0 Å². The predicted molar refractivity (Wildman–Crippen MR) is 55.0 cm³/mol. The van der Waals surface area contributed by atoms with Crippen molar-refractivity contribution in [2.75, 3.05) is 11.4 Å². The Balaban J connectivity index is 2.22. The highest BCUT2D eigenvalue weighted by atomic mass is 19.4. The number of halogens is 3. The second kappa shape index (κ2) is 4.43. The lowest BCUT2D eigenvalue weighted by Gasteiger charge is -2.21. The molecule has 0 aromatic carbocycles. The Morgan fingerprint density at radius 1 is 1.39 bits per heavy atom. The summed E-state index contributed by atoms with van der Waals surface area (Å²) in [5.41, 5.74) is -1.09. The molecule has 98 valence electrons. The van der Waals surface area contributed by atoms with Crippen molar-refractivity contribution < 1.29 is 23.1 Å². The highest BCUT2D eigenvalue weighted by Gasteiger charge is 2.35. The van der Waals surface area contributed by atoms with Crippen LogP contribution in [0.4, 0.5) is 19.0 Å². The molecule has 5 nitrogen and oxygen atoms in total. The van der Waals surface area contributed by atoms with Gasteiger partial charge in [-0.15, -0.1) is 10.2 Å². The lowest BCUT2D eigenvalue weighted by atomic mass is 10.2. The molecule has 1 aliphatic heterocycles. The minimum atomic E-state index is -4.54. The second-order valence-electron chi connectivity index (χ2n) is 3.96. The maximum absolute atomic E-state index is 12.3. The van der Waals surface area contributed by atoms with Crippen molar-refractivity contribution >= 4 is 11.8 Å². The molecular formula is C10H10F3N3O2. The summed E-state index contributed by atoms with van der Waals surface area (Å²) in [6, 6.07) is 1.22. The maximum atomic E-state index is 12.3. The summed E-state index contributed by atoms with van der Waals surface area (Å²) in [6.07, 6.45) is -3.42. The molecule has 0 amide bonds. The lowest BCUT2D eigenvalue weighted by molar-refractivity contribution is -0.142. The van der Waals surface area contributed by atoms with Crippen LogP contribution in [-0.4, -0.2) is 33.9 Å². The number of carboxylic acid groups (broad SMARTS) is 1. The number of nitrogens with zero attached hydrogens (tertiary/aromatic N) is 3. The molecule has 0 radical (unpaired) electrons. The molecule has 0 saturated carbocycles. The van der Waals surface area contributed by atoms with Crippen LogP contribution in [0.25, 0.3) is 0 Å². The molecule has 1 N–H and O–H groups in total. The van der Waals surface area contributed by atoms with E-state index >= 15 is 0 Å². The molecular weight excluding hydrogens is 251 g/mol. The van der Waals surface area contributed by atoms with Gasteiger partial charge in [-0.3, -0.25) is 0 Å². The van der Waals surface area contributed by atoms with Crippen LogP contribution in [-0.2, 0) is 11.0 Å². The molecule has 1 aromatic heterocycles. The molecule has 1 atom stereocenters. The Morgan fingerprint density at radius 2 is 2.11 bits per heavy atom. The molecule has 1 aliphatic rings. The van der Waals surface area contributed by atoms with Crippen molar-refractivity contribution in [3.05, 3.63) is 17.8 Å². The first kappa shape index (κ1) is 12.6. The van der Waals surface area contributed by atoms with Crippen molar-refractivity contribution in [1.82, 2.24) is 10.2 Å². The van der Waals surface area contributed by atoms with Crippen LogP contribution >= 0.6 is 0 Å². The predicted octanol–water partition coefficient (Wildman–Crippen LogP) is 1.55. The number of rotatable bonds is 2. The number of carboxylic acids is 1. The number of alkyl halides is 3. The molecule has 0 spiro atoms. The van der Waals surface area contributed by atoms with Gasteiger partial charge >= 0.3 is 12.1 Å². The van der Waals surface area contributed by atoms with Crippen molar-refractivity contribution in [2.24, 2.45) is 0 Å². The normalized spacial score (nSPS) is 20.2. The molecule has 0 bridgehead atoms. The number of hydrogen-bond donors (Lipinski definition) is 1. The van der Waals surface area contributed by atoms with Gasteiger partial charge < -0.3 is 10.0 Å². The van der Waals surface area contributed by atoms with Gasteiger partial charge in [0, 0.05) is 6.54 Å². The molecule has 18 heavy (non-hydrogen) atoms. The van der Waals surface area contributed by atoms with Crippen molar-refractivity contribution in [2.45, 2.75) is 25.1 Å². The summed E-state index contributed by atoms with van der Waals surface area (Å²) in [5, 5.41) is 15.5. The van der Waals surface area contributed by atoms with E-state index in [2.05, 4.69) is 10.2 Å². The number of aliphatic carboxylic acids is 1. The van der Waals surface area contributed by atoms with E-state index in [4.69, 9.17) is 5.11 Å². The van der Waals surface area contributed by atoms with Crippen LogP contribution in [0.1, 0.15) is 18.5 Å². The molecule has 1 aromatic rings. The molecule has 1 saturated heterocycles. The van der Waals surface area contributed by atoms with Gasteiger partial charge in [0.25, 0.3) is 0 Å². The summed E-state index contributed by atoms with van der Waals surface area (Å²) >= 11 is 0. The molecule has 1 fully saturated rings. The molecule has 8 heteroatoms. The first-order valence-electron chi connectivity index (χ1n) is 5.30. The van der Waals surface area contributed by atoms with Crippen LogP contribution in [0.3, 0.4) is 0 Å².